The van der Waals surface area contributed by atoms with Gasteiger partial charge in [-0.3, -0.25) is 4.79 Å². The maximum Gasteiger partial charge on any atom is 0.147 e. The van der Waals surface area contributed by atoms with E-state index in [9.17, 15) is 4.79 Å². The molecule has 1 aromatic rings. The van der Waals surface area contributed by atoms with Crippen LogP contribution in [0.25, 0.3) is 0 Å². The lowest BCUT2D eigenvalue weighted by molar-refractivity contribution is -0.115. The SMILES string of the molecule is CSCC(=O)Cc1sccc1Br. The van der Waals surface area contributed by atoms with E-state index >= 15 is 0 Å². The van der Waals surface area contributed by atoms with Crippen molar-refractivity contribution in [1.29, 1.82) is 0 Å². The van der Waals surface area contributed by atoms with Crippen LogP contribution in [0.15, 0.2) is 15.9 Å². The molecule has 12 heavy (non-hydrogen) atoms. The van der Waals surface area contributed by atoms with Crippen molar-refractivity contribution < 1.29 is 4.79 Å². The Morgan fingerprint density at radius 3 is 3.00 bits per heavy atom. The van der Waals surface area contributed by atoms with Gasteiger partial charge in [-0.25, -0.2) is 0 Å². The van der Waals surface area contributed by atoms with E-state index in [0.717, 1.165) is 9.35 Å². The lowest BCUT2D eigenvalue weighted by Gasteiger charge is -1.96. The number of ketones is 1. The average Bonchev–Trinajstić information content (AvgIpc) is 2.37. The molecule has 0 bridgehead atoms. The molecule has 4 heteroatoms. The summed E-state index contributed by atoms with van der Waals surface area (Å²) in [7, 11) is 0. The van der Waals surface area contributed by atoms with Crippen molar-refractivity contribution in [3.05, 3.63) is 20.8 Å². The second-order valence-corrected chi connectivity index (χ2v) is 5.06. The Balaban J connectivity index is 2.52. The molecule has 0 aliphatic rings. The molecule has 1 aromatic heterocycles. The molecule has 0 atom stereocenters. The minimum Gasteiger partial charge on any atom is -0.298 e. The van der Waals surface area contributed by atoms with Crippen LogP contribution < -0.4 is 0 Å². The zero-order valence-corrected chi connectivity index (χ0v) is 9.89. The summed E-state index contributed by atoms with van der Waals surface area (Å²) < 4.78 is 1.06. The highest BCUT2D eigenvalue weighted by molar-refractivity contribution is 9.10. The van der Waals surface area contributed by atoms with Gasteiger partial charge in [0, 0.05) is 15.8 Å². The summed E-state index contributed by atoms with van der Waals surface area (Å²) >= 11 is 6.60. The molecule has 0 fully saturated rings. The van der Waals surface area contributed by atoms with E-state index in [1.807, 2.05) is 17.7 Å². The smallest absolute Gasteiger partial charge is 0.147 e. The van der Waals surface area contributed by atoms with Gasteiger partial charge in [-0.05, 0) is 33.6 Å². The lowest BCUT2D eigenvalue weighted by atomic mass is 10.3. The largest absolute Gasteiger partial charge is 0.298 e. The fourth-order valence-electron chi connectivity index (χ4n) is 0.842. The van der Waals surface area contributed by atoms with E-state index in [1.165, 1.54) is 0 Å². The number of carbonyl (C=O) groups is 1. The van der Waals surface area contributed by atoms with Gasteiger partial charge in [0.15, 0.2) is 0 Å². The minimum atomic E-state index is 0.297. The van der Waals surface area contributed by atoms with E-state index in [4.69, 9.17) is 0 Å². The standard InChI is InChI=1S/C8H9BrOS2/c1-11-5-6(10)4-8-7(9)2-3-12-8/h2-3H,4-5H2,1H3. The molecule has 0 aliphatic carbocycles. The fourth-order valence-corrected chi connectivity index (χ4v) is 2.79. The minimum absolute atomic E-state index is 0.297. The number of Topliss-reactive ketones (excluding diaryl/α,β-unsaturated/α-hetero) is 1. The zero-order chi connectivity index (χ0) is 8.97. The Hall–Kier alpha value is 0.200. The van der Waals surface area contributed by atoms with Crippen LogP contribution in [0.2, 0.25) is 0 Å². The summed E-state index contributed by atoms with van der Waals surface area (Å²) in [6, 6.07) is 1.98. The van der Waals surface area contributed by atoms with Gasteiger partial charge in [0.1, 0.15) is 5.78 Å². The van der Waals surface area contributed by atoms with Crippen LogP contribution in [0, 0.1) is 0 Å². The summed E-state index contributed by atoms with van der Waals surface area (Å²) in [5, 5.41) is 1.99. The Kier molecular flexibility index (Phi) is 4.32. The van der Waals surface area contributed by atoms with E-state index in [2.05, 4.69) is 15.9 Å². The first-order chi connectivity index (χ1) is 5.74. The molecule has 0 saturated carbocycles. The van der Waals surface area contributed by atoms with Gasteiger partial charge in [-0.1, -0.05) is 0 Å². The third-order valence-electron chi connectivity index (χ3n) is 1.35. The maximum atomic E-state index is 11.2. The predicted octanol–water partition coefficient (Wildman–Crippen LogP) is 2.99. The van der Waals surface area contributed by atoms with Gasteiger partial charge in [0.25, 0.3) is 0 Å². The van der Waals surface area contributed by atoms with Crippen molar-refractivity contribution >= 4 is 44.8 Å². The Morgan fingerprint density at radius 1 is 1.75 bits per heavy atom. The number of thioether (sulfide) groups is 1. The molecular weight excluding hydrogens is 256 g/mol. The summed E-state index contributed by atoms with van der Waals surface area (Å²) in [6.45, 7) is 0. The maximum absolute atomic E-state index is 11.2. The third-order valence-corrected chi connectivity index (χ3v) is 3.89. The van der Waals surface area contributed by atoms with Gasteiger partial charge >= 0.3 is 0 Å². The number of hydrogen-bond donors (Lipinski definition) is 0. The summed E-state index contributed by atoms with van der Waals surface area (Å²) in [4.78, 5) is 12.4. The number of halogens is 1. The van der Waals surface area contributed by atoms with Crippen molar-refractivity contribution in [1.82, 2.24) is 0 Å². The first-order valence-electron chi connectivity index (χ1n) is 3.46. The van der Waals surface area contributed by atoms with E-state index in [-0.39, 0.29) is 0 Å². The molecule has 1 rings (SSSR count). The molecule has 0 aliphatic heterocycles. The van der Waals surface area contributed by atoms with Gasteiger partial charge < -0.3 is 0 Å². The quantitative estimate of drug-likeness (QED) is 0.832. The number of thiophene rings is 1. The zero-order valence-electron chi connectivity index (χ0n) is 6.67. The van der Waals surface area contributed by atoms with E-state index < -0.39 is 0 Å². The van der Waals surface area contributed by atoms with E-state index in [0.29, 0.717) is 18.0 Å². The highest BCUT2D eigenvalue weighted by Crippen LogP contribution is 2.23. The number of hydrogen-bond acceptors (Lipinski definition) is 3. The van der Waals surface area contributed by atoms with Crippen molar-refractivity contribution in [2.75, 3.05) is 12.0 Å². The summed E-state index contributed by atoms with van der Waals surface area (Å²) in [5.41, 5.74) is 0. The van der Waals surface area contributed by atoms with Crippen LogP contribution in [0.3, 0.4) is 0 Å². The first-order valence-corrected chi connectivity index (χ1v) is 6.53. The Labute approximate surface area is 88.7 Å². The molecule has 0 aromatic carbocycles. The third kappa shape index (κ3) is 2.92. The normalized spacial score (nSPS) is 10.2. The van der Waals surface area contributed by atoms with Crippen molar-refractivity contribution in [2.45, 2.75) is 6.42 Å². The van der Waals surface area contributed by atoms with E-state index in [1.54, 1.807) is 23.1 Å². The van der Waals surface area contributed by atoms with Crippen molar-refractivity contribution in [2.24, 2.45) is 0 Å². The molecule has 66 valence electrons. The molecule has 1 nitrogen and oxygen atoms in total. The van der Waals surface area contributed by atoms with Crippen LogP contribution in [-0.4, -0.2) is 17.8 Å². The molecule has 0 unspecified atom stereocenters. The highest BCUT2D eigenvalue weighted by Gasteiger charge is 2.06. The van der Waals surface area contributed by atoms with Gasteiger partial charge in [0.05, 0.1) is 5.75 Å². The van der Waals surface area contributed by atoms with Crippen molar-refractivity contribution in [3.63, 3.8) is 0 Å². The van der Waals surface area contributed by atoms with Crippen molar-refractivity contribution in [3.8, 4) is 0 Å². The molecule has 1 heterocycles. The molecule has 0 amide bonds. The molecular formula is C8H9BrOS2. The van der Waals surface area contributed by atoms with Gasteiger partial charge in [-0.15, -0.1) is 11.3 Å². The molecule has 0 spiro atoms. The topological polar surface area (TPSA) is 17.1 Å². The number of carbonyl (C=O) groups excluding carboxylic acids is 1. The lowest BCUT2D eigenvalue weighted by Crippen LogP contribution is -2.04. The predicted molar refractivity (Wildman–Crippen MR) is 59.1 cm³/mol. The molecule has 0 saturated heterocycles. The average molecular weight is 265 g/mol. The Bertz CT molecular complexity index is 270. The highest BCUT2D eigenvalue weighted by atomic mass is 79.9. The van der Waals surface area contributed by atoms with Gasteiger partial charge in [-0.2, -0.15) is 11.8 Å². The molecule has 0 radical (unpaired) electrons. The fraction of sp³-hybridized carbons (Fsp3) is 0.375. The van der Waals surface area contributed by atoms with Gasteiger partial charge in [0.2, 0.25) is 0 Å². The van der Waals surface area contributed by atoms with Crippen LogP contribution in [0.4, 0.5) is 0 Å². The van der Waals surface area contributed by atoms with Crippen LogP contribution in [-0.2, 0) is 11.2 Å². The first kappa shape index (κ1) is 10.3. The second-order valence-electron chi connectivity index (χ2n) is 2.34. The molecule has 0 N–H and O–H groups in total. The summed E-state index contributed by atoms with van der Waals surface area (Å²) in [6.07, 6.45) is 2.51. The van der Waals surface area contributed by atoms with Crippen LogP contribution in [0.1, 0.15) is 4.88 Å². The summed E-state index contributed by atoms with van der Waals surface area (Å²) in [5.74, 6) is 0.912. The monoisotopic (exact) mass is 264 g/mol. The Morgan fingerprint density at radius 2 is 2.50 bits per heavy atom. The number of rotatable bonds is 4. The van der Waals surface area contributed by atoms with Crippen LogP contribution >= 0.6 is 39.0 Å². The van der Waals surface area contributed by atoms with Crippen LogP contribution in [0.5, 0.6) is 0 Å². The second kappa shape index (κ2) is 5.04.